The molecule has 0 amide bonds. The molecule has 1 rings (SSSR count). The van der Waals surface area contributed by atoms with Crippen molar-refractivity contribution >= 4 is 5.97 Å². The molecule has 0 aliphatic rings. The van der Waals surface area contributed by atoms with Crippen molar-refractivity contribution in [2.45, 2.75) is 27.7 Å². The lowest BCUT2D eigenvalue weighted by molar-refractivity contribution is 0.0694. The normalized spacial score (nSPS) is 9.20. The standard InChI is InChI=1S/C9H8F2O2.C2H6/c1-4-3-6(10)8(11)5(2)7(4)9(12)13;1-2/h3H,1-2H3,(H,12,13);1-2H3. The minimum Gasteiger partial charge on any atom is -0.478 e. The van der Waals surface area contributed by atoms with Crippen molar-refractivity contribution in [2.75, 3.05) is 0 Å². The third kappa shape index (κ3) is 2.75. The Balaban J connectivity index is 0.000000921. The van der Waals surface area contributed by atoms with E-state index in [2.05, 4.69) is 0 Å². The molecular weight excluding hydrogens is 202 g/mol. The zero-order valence-electron chi connectivity index (χ0n) is 9.19. The largest absolute Gasteiger partial charge is 0.478 e. The number of carboxylic acids is 1. The minimum atomic E-state index is -1.24. The van der Waals surface area contributed by atoms with Crippen LogP contribution in [0.1, 0.15) is 35.3 Å². The fourth-order valence-electron chi connectivity index (χ4n) is 1.24. The molecule has 2 nitrogen and oxygen atoms in total. The third-order valence-electron chi connectivity index (χ3n) is 1.87. The van der Waals surface area contributed by atoms with Crippen molar-refractivity contribution in [2.24, 2.45) is 0 Å². The van der Waals surface area contributed by atoms with Crippen LogP contribution in [0.15, 0.2) is 6.07 Å². The van der Waals surface area contributed by atoms with E-state index in [0.29, 0.717) is 0 Å². The Bertz CT molecular complexity index is 373. The average Bonchev–Trinajstić information content (AvgIpc) is 2.17. The SMILES string of the molecule is CC.Cc1cc(F)c(F)c(C)c1C(=O)O. The second-order valence-corrected chi connectivity index (χ2v) is 2.79. The van der Waals surface area contributed by atoms with Gasteiger partial charge in [0.2, 0.25) is 0 Å². The molecule has 0 atom stereocenters. The minimum absolute atomic E-state index is 0.162. The van der Waals surface area contributed by atoms with E-state index in [9.17, 15) is 13.6 Å². The van der Waals surface area contributed by atoms with Gasteiger partial charge in [-0.05, 0) is 25.5 Å². The molecule has 0 aliphatic carbocycles. The molecule has 0 heterocycles. The molecule has 0 unspecified atom stereocenters. The van der Waals surface area contributed by atoms with Crippen LogP contribution in [0, 0.1) is 25.5 Å². The average molecular weight is 216 g/mol. The Labute approximate surface area is 87.5 Å². The highest BCUT2D eigenvalue weighted by Gasteiger charge is 2.17. The molecule has 0 fully saturated rings. The monoisotopic (exact) mass is 216 g/mol. The predicted molar refractivity (Wildman–Crippen MR) is 54.1 cm³/mol. The summed E-state index contributed by atoms with van der Waals surface area (Å²) in [6, 6.07) is 0.881. The summed E-state index contributed by atoms with van der Waals surface area (Å²) < 4.78 is 25.6. The van der Waals surface area contributed by atoms with E-state index in [1.54, 1.807) is 0 Å². The molecule has 1 aromatic carbocycles. The summed E-state index contributed by atoms with van der Waals surface area (Å²) in [5, 5.41) is 8.67. The van der Waals surface area contributed by atoms with Gasteiger partial charge in [-0.15, -0.1) is 0 Å². The first kappa shape index (κ1) is 13.5. The van der Waals surface area contributed by atoms with Crippen LogP contribution in [0.2, 0.25) is 0 Å². The van der Waals surface area contributed by atoms with Gasteiger partial charge in [0.15, 0.2) is 11.6 Å². The fourth-order valence-corrected chi connectivity index (χ4v) is 1.24. The highest BCUT2D eigenvalue weighted by atomic mass is 19.2. The van der Waals surface area contributed by atoms with Crippen molar-refractivity contribution < 1.29 is 18.7 Å². The molecule has 1 N–H and O–H groups in total. The van der Waals surface area contributed by atoms with Crippen LogP contribution in [0.5, 0.6) is 0 Å². The van der Waals surface area contributed by atoms with Crippen molar-refractivity contribution in [3.05, 3.63) is 34.4 Å². The Morgan fingerprint density at radius 3 is 2.13 bits per heavy atom. The number of hydrogen-bond acceptors (Lipinski definition) is 1. The Morgan fingerprint density at radius 1 is 1.27 bits per heavy atom. The van der Waals surface area contributed by atoms with Gasteiger partial charge in [-0.3, -0.25) is 0 Å². The van der Waals surface area contributed by atoms with Crippen LogP contribution in [-0.4, -0.2) is 11.1 Å². The lowest BCUT2D eigenvalue weighted by Gasteiger charge is -2.06. The maximum atomic E-state index is 12.9. The van der Waals surface area contributed by atoms with Gasteiger partial charge >= 0.3 is 5.97 Å². The number of carbonyl (C=O) groups is 1. The number of benzene rings is 1. The third-order valence-corrected chi connectivity index (χ3v) is 1.87. The fraction of sp³-hybridized carbons (Fsp3) is 0.364. The van der Waals surface area contributed by atoms with Gasteiger partial charge in [-0.25, -0.2) is 13.6 Å². The van der Waals surface area contributed by atoms with Gasteiger partial charge in [0.25, 0.3) is 0 Å². The smallest absolute Gasteiger partial charge is 0.336 e. The number of aryl methyl sites for hydroxylation is 1. The Morgan fingerprint density at radius 2 is 1.73 bits per heavy atom. The maximum absolute atomic E-state index is 12.9. The van der Waals surface area contributed by atoms with Crippen LogP contribution in [0.25, 0.3) is 0 Å². The molecule has 0 saturated carbocycles. The molecule has 0 aromatic heterocycles. The predicted octanol–water partition coefficient (Wildman–Crippen LogP) is 3.31. The lowest BCUT2D eigenvalue weighted by Crippen LogP contribution is -2.06. The second kappa shape index (κ2) is 5.44. The van der Waals surface area contributed by atoms with Crippen LogP contribution >= 0.6 is 0 Å². The molecule has 0 saturated heterocycles. The van der Waals surface area contributed by atoms with E-state index < -0.39 is 17.6 Å². The number of hydrogen-bond donors (Lipinski definition) is 1. The van der Waals surface area contributed by atoms with E-state index in [0.717, 1.165) is 6.07 Å². The first-order valence-electron chi connectivity index (χ1n) is 4.63. The maximum Gasteiger partial charge on any atom is 0.336 e. The first-order valence-corrected chi connectivity index (χ1v) is 4.63. The zero-order chi connectivity index (χ0) is 12.2. The molecule has 15 heavy (non-hydrogen) atoms. The summed E-state index contributed by atoms with van der Waals surface area (Å²) in [6.07, 6.45) is 0. The van der Waals surface area contributed by atoms with Crippen LogP contribution in [-0.2, 0) is 0 Å². The Kier molecular flexibility index (Phi) is 4.91. The number of rotatable bonds is 1. The van der Waals surface area contributed by atoms with Crippen molar-refractivity contribution in [3.8, 4) is 0 Å². The molecule has 0 bridgehead atoms. The summed E-state index contributed by atoms with van der Waals surface area (Å²) in [6.45, 7) is 6.67. The molecule has 84 valence electrons. The van der Waals surface area contributed by atoms with Gasteiger partial charge in [-0.1, -0.05) is 13.8 Å². The summed E-state index contributed by atoms with van der Waals surface area (Å²) in [4.78, 5) is 10.6. The van der Waals surface area contributed by atoms with Gasteiger partial charge in [-0.2, -0.15) is 0 Å². The first-order chi connectivity index (χ1) is 6.95. The van der Waals surface area contributed by atoms with Crippen LogP contribution in [0.4, 0.5) is 8.78 Å². The van der Waals surface area contributed by atoms with Gasteiger partial charge in [0.1, 0.15) is 0 Å². The molecule has 1 aromatic rings. The van der Waals surface area contributed by atoms with E-state index >= 15 is 0 Å². The molecule has 4 heteroatoms. The summed E-state index contributed by atoms with van der Waals surface area (Å²) in [5.74, 6) is -3.35. The molecule has 0 radical (unpaired) electrons. The molecule has 0 aliphatic heterocycles. The van der Waals surface area contributed by atoms with Crippen LogP contribution in [0.3, 0.4) is 0 Å². The number of aromatic carboxylic acids is 1. The summed E-state index contributed by atoms with van der Waals surface area (Å²) in [7, 11) is 0. The molecule has 0 spiro atoms. The lowest BCUT2D eigenvalue weighted by atomic mass is 10.0. The highest BCUT2D eigenvalue weighted by Crippen LogP contribution is 2.19. The van der Waals surface area contributed by atoms with Crippen LogP contribution < -0.4 is 0 Å². The van der Waals surface area contributed by atoms with Gasteiger partial charge in [0, 0.05) is 5.56 Å². The van der Waals surface area contributed by atoms with E-state index in [1.165, 1.54) is 13.8 Å². The van der Waals surface area contributed by atoms with E-state index in [1.807, 2.05) is 13.8 Å². The van der Waals surface area contributed by atoms with E-state index in [-0.39, 0.29) is 16.7 Å². The topological polar surface area (TPSA) is 37.3 Å². The van der Waals surface area contributed by atoms with E-state index in [4.69, 9.17) is 5.11 Å². The van der Waals surface area contributed by atoms with Crippen molar-refractivity contribution in [1.82, 2.24) is 0 Å². The highest BCUT2D eigenvalue weighted by molar-refractivity contribution is 5.91. The summed E-state index contributed by atoms with van der Waals surface area (Å²) >= 11 is 0. The van der Waals surface area contributed by atoms with Gasteiger partial charge in [0.05, 0.1) is 5.56 Å². The van der Waals surface area contributed by atoms with Crippen molar-refractivity contribution in [3.63, 3.8) is 0 Å². The number of halogens is 2. The molecular formula is C11H14F2O2. The zero-order valence-corrected chi connectivity index (χ0v) is 9.19. The Hall–Kier alpha value is -1.45. The quantitative estimate of drug-likeness (QED) is 0.781. The summed E-state index contributed by atoms with van der Waals surface area (Å²) in [5.41, 5.74) is -0.104. The van der Waals surface area contributed by atoms with Gasteiger partial charge < -0.3 is 5.11 Å². The number of carboxylic acid groups (broad SMARTS) is 1. The second-order valence-electron chi connectivity index (χ2n) is 2.79. The van der Waals surface area contributed by atoms with Crippen molar-refractivity contribution in [1.29, 1.82) is 0 Å².